The fourth-order valence-electron chi connectivity index (χ4n) is 1.74. The third-order valence-corrected chi connectivity index (χ3v) is 3.21. The highest BCUT2D eigenvalue weighted by Crippen LogP contribution is 2.28. The molecule has 0 heterocycles. The van der Waals surface area contributed by atoms with Gasteiger partial charge in [-0.15, -0.1) is 0 Å². The highest BCUT2D eigenvalue weighted by molar-refractivity contribution is 6.35. The molecule has 0 aliphatic carbocycles. The lowest BCUT2D eigenvalue weighted by Gasteiger charge is -2.18. The number of nitrogens with one attached hydrogen (secondary N) is 1. The van der Waals surface area contributed by atoms with Gasteiger partial charge in [0.15, 0.2) is 0 Å². The molecule has 1 atom stereocenters. The molecule has 1 amide bonds. The van der Waals surface area contributed by atoms with Crippen molar-refractivity contribution in [3.8, 4) is 0 Å². The molecule has 0 aromatic heterocycles. The van der Waals surface area contributed by atoms with Crippen molar-refractivity contribution in [1.82, 2.24) is 0 Å². The molecule has 1 unspecified atom stereocenters. The summed E-state index contributed by atoms with van der Waals surface area (Å²) in [5.74, 6) is -0.506. The summed E-state index contributed by atoms with van der Waals surface area (Å²) >= 11 is 11.9. The lowest BCUT2D eigenvalue weighted by Crippen LogP contribution is -2.28. The van der Waals surface area contributed by atoms with E-state index in [0.717, 1.165) is 5.69 Å². The normalized spacial score (nSPS) is 11.9. The molecule has 0 aliphatic heterocycles. The van der Waals surface area contributed by atoms with Crippen molar-refractivity contribution in [3.63, 3.8) is 0 Å². The van der Waals surface area contributed by atoms with Crippen molar-refractivity contribution < 1.29 is 4.79 Å². The molecule has 0 aliphatic rings. The van der Waals surface area contributed by atoms with Crippen LogP contribution in [0.2, 0.25) is 10.0 Å². The average Bonchev–Trinajstić information content (AvgIpc) is 2.38. The average molecular weight is 295 g/mol. The highest BCUT2D eigenvalue weighted by atomic mass is 35.5. The maximum atomic E-state index is 11.6. The van der Waals surface area contributed by atoms with E-state index in [4.69, 9.17) is 28.9 Å². The molecule has 3 nitrogen and oxygen atoms in total. The van der Waals surface area contributed by atoms with Crippen molar-refractivity contribution in [1.29, 1.82) is 0 Å². The summed E-state index contributed by atoms with van der Waals surface area (Å²) in [5.41, 5.74) is 6.82. The van der Waals surface area contributed by atoms with Crippen LogP contribution in [0.1, 0.15) is 11.6 Å². The zero-order valence-corrected chi connectivity index (χ0v) is 11.4. The minimum atomic E-state index is -0.702. The number of anilines is 1. The molecule has 0 radical (unpaired) electrons. The summed E-state index contributed by atoms with van der Waals surface area (Å²) in [6, 6.07) is 13.6. The van der Waals surface area contributed by atoms with Crippen LogP contribution in [0.5, 0.6) is 0 Å². The van der Waals surface area contributed by atoms with E-state index in [0.29, 0.717) is 15.6 Å². The topological polar surface area (TPSA) is 55.1 Å². The molecule has 0 fully saturated rings. The number of benzene rings is 2. The third-order valence-electron chi connectivity index (χ3n) is 2.64. The second kappa shape index (κ2) is 5.95. The van der Waals surface area contributed by atoms with Crippen LogP contribution >= 0.6 is 23.2 Å². The highest BCUT2D eigenvalue weighted by Gasteiger charge is 2.20. The van der Waals surface area contributed by atoms with E-state index in [9.17, 15) is 4.79 Å². The van der Waals surface area contributed by atoms with E-state index >= 15 is 0 Å². The molecule has 2 aromatic rings. The lowest BCUT2D eigenvalue weighted by molar-refractivity contribution is -0.118. The SMILES string of the molecule is NC(=O)C(Nc1ccccc1)c1ccc(Cl)cc1Cl. The molecule has 0 bridgehead atoms. The summed E-state index contributed by atoms with van der Waals surface area (Å²) in [5, 5.41) is 3.97. The van der Waals surface area contributed by atoms with Crippen molar-refractivity contribution in [2.45, 2.75) is 6.04 Å². The van der Waals surface area contributed by atoms with Crippen molar-refractivity contribution in [2.75, 3.05) is 5.32 Å². The number of para-hydroxylation sites is 1. The molecule has 2 rings (SSSR count). The Bertz CT molecular complexity index is 587. The molecular formula is C14H12Cl2N2O. The van der Waals surface area contributed by atoms with Gasteiger partial charge in [0.2, 0.25) is 5.91 Å². The van der Waals surface area contributed by atoms with Gasteiger partial charge in [0.25, 0.3) is 0 Å². The van der Waals surface area contributed by atoms with Crippen molar-refractivity contribution in [3.05, 3.63) is 64.1 Å². The Kier molecular flexibility index (Phi) is 4.30. The second-order valence-electron chi connectivity index (χ2n) is 4.01. The third kappa shape index (κ3) is 3.40. The van der Waals surface area contributed by atoms with E-state index < -0.39 is 11.9 Å². The summed E-state index contributed by atoms with van der Waals surface area (Å²) in [7, 11) is 0. The molecule has 0 saturated heterocycles. The van der Waals surface area contributed by atoms with Gasteiger partial charge in [-0.25, -0.2) is 0 Å². The number of hydrogen-bond acceptors (Lipinski definition) is 2. The van der Waals surface area contributed by atoms with E-state index in [1.807, 2.05) is 30.3 Å². The predicted molar refractivity (Wildman–Crippen MR) is 78.5 cm³/mol. The minimum Gasteiger partial charge on any atom is -0.370 e. The first-order valence-corrected chi connectivity index (χ1v) is 6.39. The molecular weight excluding hydrogens is 283 g/mol. The van der Waals surface area contributed by atoms with Crippen LogP contribution in [0.15, 0.2) is 48.5 Å². The summed E-state index contributed by atoms with van der Waals surface area (Å²) in [6.45, 7) is 0. The number of amides is 1. The largest absolute Gasteiger partial charge is 0.370 e. The quantitative estimate of drug-likeness (QED) is 0.905. The van der Waals surface area contributed by atoms with E-state index in [2.05, 4.69) is 5.32 Å². The van der Waals surface area contributed by atoms with E-state index in [1.165, 1.54) is 0 Å². The van der Waals surface area contributed by atoms with Crippen molar-refractivity contribution in [2.24, 2.45) is 5.73 Å². The van der Waals surface area contributed by atoms with Gasteiger partial charge in [0.1, 0.15) is 6.04 Å². The zero-order valence-electron chi connectivity index (χ0n) is 9.94. The number of carbonyl (C=O) groups is 1. The van der Waals surface area contributed by atoms with E-state index in [-0.39, 0.29) is 0 Å². The number of halogens is 2. The van der Waals surface area contributed by atoms with Gasteiger partial charge in [-0.3, -0.25) is 4.79 Å². The molecule has 98 valence electrons. The number of carbonyl (C=O) groups excluding carboxylic acids is 1. The van der Waals surface area contributed by atoms with Crippen LogP contribution in [-0.4, -0.2) is 5.91 Å². The minimum absolute atomic E-state index is 0.403. The lowest BCUT2D eigenvalue weighted by atomic mass is 10.1. The van der Waals surface area contributed by atoms with Crippen LogP contribution in [-0.2, 0) is 4.79 Å². The number of primary amides is 1. The van der Waals surface area contributed by atoms with Gasteiger partial charge in [-0.1, -0.05) is 47.5 Å². The molecule has 0 saturated carbocycles. The van der Waals surface area contributed by atoms with Gasteiger partial charge < -0.3 is 11.1 Å². The van der Waals surface area contributed by atoms with Gasteiger partial charge in [-0.2, -0.15) is 0 Å². The Morgan fingerprint density at radius 1 is 1.11 bits per heavy atom. The fraction of sp³-hybridized carbons (Fsp3) is 0.0714. The maximum absolute atomic E-state index is 11.6. The van der Waals surface area contributed by atoms with Gasteiger partial charge in [0, 0.05) is 21.3 Å². The number of rotatable bonds is 4. The van der Waals surface area contributed by atoms with Crippen LogP contribution in [0.4, 0.5) is 5.69 Å². The Labute approximate surface area is 121 Å². The molecule has 0 spiro atoms. The van der Waals surface area contributed by atoms with Crippen LogP contribution < -0.4 is 11.1 Å². The monoisotopic (exact) mass is 294 g/mol. The standard InChI is InChI=1S/C14H12Cl2N2O/c15-9-6-7-11(12(16)8-9)13(14(17)19)18-10-4-2-1-3-5-10/h1-8,13,18H,(H2,17,19). The van der Waals surface area contributed by atoms with Gasteiger partial charge in [-0.05, 0) is 24.3 Å². The summed E-state index contributed by atoms with van der Waals surface area (Å²) in [4.78, 5) is 11.6. The van der Waals surface area contributed by atoms with Crippen LogP contribution in [0, 0.1) is 0 Å². The Balaban J connectivity index is 2.33. The first-order chi connectivity index (χ1) is 9.08. The Hall–Kier alpha value is -1.71. The maximum Gasteiger partial charge on any atom is 0.244 e. The Morgan fingerprint density at radius 2 is 1.79 bits per heavy atom. The number of nitrogens with two attached hydrogens (primary N) is 1. The molecule has 2 aromatic carbocycles. The van der Waals surface area contributed by atoms with Crippen LogP contribution in [0.25, 0.3) is 0 Å². The molecule has 19 heavy (non-hydrogen) atoms. The molecule has 3 N–H and O–H groups in total. The number of hydrogen-bond donors (Lipinski definition) is 2. The fourth-order valence-corrected chi connectivity index (χ4v) is 2.26. The zero-order chi connectivity index (χ0) is 13.8. The Morgan fingerprint density at radius 3 is 2.37 bits per heavy atom. The second-order valence-corrected chi connectivity index (χ2v) is 4.86. The van der Waals surface area contributed by atoms with Crippen molar-refractivity contribution >= 4 is 34.8 Å². The first-order valence-electron chi connectivity index (χ1n) is 5.64. The van der Waals surface area contributed by atoms with E-state index in [1.54, 1.807) is 18.2 Å². The molecule has 5 heteroatoms. The smallest absolute Gasteiger partial charge is 0.244 e. The summed E-state index contributed by atoms with van der Waals surface area (Å²) < 4.78 is 0. The van der Waals surface area contributed by atoms with Crippen LogP contribution in [0.3, 0.4) is 0 Å². The van der Waals surface area contributed by atoms with Gasteiger partial charge >= 0.3 is 0 Å². The predicted octanol–water partition coefficient (Wildman–Crippen LogP) is 3.63. The van der Waals surface area contributed by atoms with Gasteiger partial charge in [0.05, 0.1) is 0 Å². The summed E-state index contributed by atoms with van der Waals surface area (Å²) in [6.07, 6.45) is 0. The first kappa shape index (κ1) is 13.7.